The molecule has 0 spiro atoms. The molecule has 7 heteroatoms. The second-order valence-electron chi connectivity index (χ2n) is 7.06. The molecule has 2 aromatic carbocycles. The molecule has 1 unspecified atom stereocenters. The first-order valence-electron chi connectivity index (χ1n) is 9.75. The minimum absolute atomic E-state index is 0.0212. The second-order valence-corrected chi connectivity index (χ2v) is 7.06. The highest BCUT2D eigenvalue weighted by molar-refractivity contribution is 6.00. The van der Waals surface area contributed by atoms with Crippen LogP contribution in [0.4, 0.5) is 0 Å². The molecule has 0 aliphatic heterocycles. The Morgan fingerprint density at radius 3 is 2.30 bits per heavy atom. The van der Waals surface area contributed by atoms with Gasteiger partial charge in [0.2, 0.25) is 0 Å². The van der Waals surface area contributed by atoms with E-state index in [-0.39, 0.29) is 11.9 Å². The van der Waals surface area contributed by atoms with Crippen molar-refractivity contribution in [1.82, 2.24) is 10.3 Å². The van der Waals surface area contributed by atoms with Gasteiger partial charge in [0.15, 0.2) is 0 Å². The molecule has 7 nitrogen and oxygen atoms in total. The number of amides is 1. The number of fused-ring (bicyclic) bond motifs is 1. The maximum Gasteiger partial charge on any atom is 0.267 e. The minimum Gasteiger partial charge on any atom is -0.497 e. The third kappa shape index (κ3) is 4.62. The topological polar surface area (TPSA) is 81.8 Å². The Bertz CT molecular complexity index is 1030. The predicted molar refractivity (Wildman–Crippen MR) is 116 cm³/mol. The van der Waals surface area contributed by atoms with Gasteiger partial charge in [-0.25, -0.2) is 0 Å². The number of carbonyl (C=O) groups excluding carboxylic acids is 1. The van der Waals surface area contributed by atoms with E-state index < -0.39 is 0 Å². The van der Waals surface area contributed by atoms with Gasteiger partial charge in [0.25, 0.3) is 5.91 Å². The van der Waals surface area contributed by atoms with Crippen molar-refractivity contribution in [3.8, 4) is 23.0 Å². The van der Waals surface area contributed by atoms with Gasteiger partial charge < -0.3 is 29.2 Å². The average Bonchev–Trinajstić information content (AvgIpc) is 3.21. The van der Waals surface area contributed by atoms with Crippen LogP contribution in [-0.4, -0.2) is 45.4 Å². The number of H-pyrrole nitrogens is 1. The van der Waals surface area contributed by atoms with Gasteiger partial charge in [-0.3, -0.25) is 4.79 Å². The van der Waals surface area contributed by atoms with Gasteiger partial charge in [-0.1, -0.05) is 6.07 Å². The summed E-state index contributed by atoms with van der Waals surface area (Å²) in [6.45, 7) is 1.99. The number of carbonyl (C=O) groups is 1. The molecule has 1 aromatic heterocycles. The Morgan fingerprint density at radius 2 is 1.63 bits per heavy atom. The minimum atomic E-state index is -0.165. The zero-order valence-electron chi connectivity index (χ0n) is 18.0. The predicted octanol–water partition coefficient (Wildman–Crippen LogP) is 3.95. The molecular formula is C23H28N2O5. The standard InChI is InChI=1S/C23H28N2O5/c1-14(6-7-15-8-9-16(27-2)11-21(15)29-4)24-23(26)20-13-18-19(25-20)10-17(28-3)12-22(18)30-5/h8-14,25H,6-7H2,1-5H3,(H,24,26). The number of aryl methyl sites for hydroxylation is 1. The summed E-state index contributed by atoms with van der Waals surface area (Å²) >= 11 is 0. The number of rotatable bonds is 9. The Balaban J connectivity index is 1.67. The van der Waals surface area contributed by atoms with E-state index in [9.17, 15) is 4.79 Å². The molecule has 0 bridgehead atoms. The van der Waals surface area contributed by atoms with Crippen molar-refractivity contribution in [2.75, 3.05) is 28.4 Å². The molecule has 1 amide bonds. The van der Waals surface area contributed by atoms with Crippen LogP contribution in [0.15, 0.2) is 36.4 Å². The van der Waals surface area contributed by atoms with Crippen LogP contribution in [0.25, 0.3) is 10.9 Å². The summed E-state index contributed by atoms with van der Waals surface area (Å²) in [5, 5.41) is 3.88. The SMILES string of the molecule is COc1ccc(CCC(C)NC(=O)c2cc3c(OC)cc(OC)cc3[nH]2)c(OC)c1. The number of ether oxygens (including phenoxy) is 4. The summed E-state index contributed by atoms with van der Waals surface area (Å²) < 4.78 is 21.4. The highest BCUT2D eigenvalue weighted by Gasteiger charge is 2.16. The largest absolute Gasteiger partial charge is 0.497 e. The third-order valence-electron chi connectivity index (χ3n) is 5.09. The Labute approximate surface area is 176 Å². The monoisotopic (exact) mass is 412 g/mol. The summed E-state index contributed by atoms with van der Waals surface area (Å²) in [4.78, 5) is 15.9. The number of benzene rings is 2. The molecule has 1 heterocycles. The molecular weight excluding hydrogens is 384 g/mol. The summed E-state index contributed by atoms with van der Waals surface area (Å²) in [6.07, 6.45) is 1.54. The molecule has 30 heavy (non-hydrogen) atoms. The van der Waals surface area contributed by atoms with Gasteiger partial charge in [-0.2, -0.15) is 0 Å². The quantitative estimate of drug-likeness (QED) is 0.556. The van der Waals surface area contributed by atoms with Crippen LogP contribution in [-0.2, 0) is 6.42 Å². The van der Waals surface area contributed by atoms with Crippen molar-refractivity contribution in [3.63, 3.8) is 0 Å². The highest BCUT2D eigenvalue weighted by atomic mass is 16.5. The second kappa shape index (κ2) is 9.43. The van der Waals surface area contributed by atoms with Gasteiger partial charge in [0, 0.05) is 29.6 Å². The van der Waals surface area contributed by atoms with Crippen molar-refractivity contribution >= 4 is 16.8 Å². The molecule has 0 saturated carbocycles. The van der Waals surface area contributed by atoms with Crippen molar-refractivity contribution in [2.24, 2.45) is 0 Å². The zero-order valence-corrected chi connectivity index (χ0v) is 18.0. The molecule has 160 valence electrons. The van der Waals surface area contributed by atoms with Gasteiger partial charge in [-0.15, -0.1) is 0 Å². The van der Waals surface area contributed by atoms with Crippen molar-refractivity contribution in [1.29, 1.82) is 0 Å². The van der Waals surface area contributed by atoms with Crippen molar-refractivity contribution in [2.45, 2.75) is 25.8 Å². The van der Waals surface area contributed by atoms with Crippen LogP contribution in [0.3, 0.4) is 0 Å². The molecule has 2 N–H and O–H groups in total. The van der Waals surface area contributed by atoms with Crippen LogP contribution in [0.2, 0.25) is 0 Å². The van der Waals surface area contributed by atoms with E-state index in [1.54, 1.807) is 40.6 Å². The summed E-state index contributed by atoms with van der Waals surface area (Å²) in [7, 11) is 6.46. The fourth-order valence-corrected chi connectivity index (χ4v) is 3.39. The third-order valence-corrected chi connectivity index (χ3v) is 5.09. The summed E-state index contributed by atoms with van der Waals surface area (Å²) in [5.41, 5.74) is 2.33. The molecule has 3 aromatic rings. The number of hydrogen-bond acceptors (Lipinski definition) is 5. The molecule has 0 fully saturated rings. The van der Waals surface area contributed by atoms with Crippen LogP contribution < -0.4 is 24.3 Å². The first-order valence-corrected chi connectivity index (χ1v) is 9.75. The average molecular weight is 412 g/mol. The molecule has 0 aliphatic carbocycles. The van der Waals surface area contributed by atoms with Crippen LogP contribution >= 0.6 is 0 Å². The fraction of sp³-hybridized carbons (Fsp3) is 0.348. The van der Waals surface area contributed by atoms with E-state index in [0.29, 0.717) is 17.2 Å². The lowest BCUT2D eigenvalue weighted by Crippen LogP contribution is -2.33. The normalized spacial score (nSPS) is 11.8. The fourth-order valence-electron chi connectivity index (χ4n) is 3.39. The number of nitrogens with one attached hydrogen (secondary N) is 2. The summed E-state index contributed by atoms with van der Waals surface area (Å²) in [6, 6.07) is 11.2. The molecule has 1 atom stereocenters. The van der Waals surface area contributed by atoms with Gasteiger partial charge in [0.05, 0.1) is 34.0 Å². The van der Waals surface area contributed by atoms with Crippen molar-refractivity contribution in [3.05, 3.63) is 47.7 Å². The number of aromatic nitrogens is 1. The Kier molecular flexibility index (Phi) is 6.72. The maximum absolute atomic E-state index is 12.7. The van der Waals surface area contributed by atoms with E-state index in [4.69, 9.17) is 18.9 Å². The lowest BCUT2D eigenvalue weighted by molar-refractivity contribution is 0.0934. The van der Waals surface area contributed by atoms with Gasteiger partial charge >= 0.3 is 0 Å². The van der Waals surface area contributed by atoms with Crippen LogP contribution in [0.5, 0.6) is 23.0 Å². The smallest absolute Gasteiger partial charge is 0.267 e. The van der Waals surface area contributed by atoms with Crippen molar-refractivity contribution < 1.29 is 23.7 Å². The van der Waals surface area contributed by atoms with E-state index in [1.165, 1.54) is 0 Å². The van der Waals surface area contributed by atoms with E-state index in [1.807, 2.05) is 31.2 Å². The van der Waals surface area contributed by atoms with Gasteiger partial charge in [0.1, 0.15) is 28.7 Å². The van der Waals surface area contributed by atoms with Gasteiger partial charge in [-0.05, 0) is 37.5 Å². The summed E-state index contributed by atoms with van der Waals surface area (Å²) in [5.74, 6) is 2.68. The van der Waals surface area contributed by atoms with Crippen LogP contribution in [0, 0.1) is 0 Å². The molecule has 0 radical (unpaired) electrons. The maximum atomic E-state index is 12.7. The number of hydrogen-bond donors (Lipinski definition) is 2. The molecule has 0 saturated heterocycles. The lowest BCUT2D eigenvalue weighted by atomic mass is 10.0. The molecule has 0 aliphatic rings. The number of aromatic amines is 1. The van der Waals surface area contributed by atoms with E-state index >= 15 is 0 Å². The Hall–Kier alpha value is -3.35. The van der Waals surface area contributed by atoms with Crippen LogP contribution in [0.1, 0.15) is 29.4 Å². The number of methoxy groups -OCH3 is 4. The van der Waals surface area contributed by atoms with E-state index in [2.05, 4.69) is 10.3 Å². The van der Waals surface area contributed by atoms with E-state index in [0.717, 1.165) is 40.8 Å². The molecule has 3 rings (SSSR count). The highest BCUT2D eigenvalue weighted by Crippen LogP contribution is 2.31. The first-order chi connectivity index (χ1) is 14.5. The Morgan fingerprint density at radius 1 is 0.933 bits per heavy atom. The zero-order chi connectivity index (χ0) is 21.7. The lowest BCUT2D eigenvalue weighted by Gasteiger charge is -2.15. The first kappa shape index (κ1) is 21.4.